The predicted octanol–water partition coefficient (Wildman–Crippen LogP) is 2.53. The van der Waals surface area contributed by atoms with Crippen LogP contribution in [0.4, 0.5) is 0 Å². The molecule has 0 fully saturated rings. The van der Waals surface area contributed by atoms with Crippen molar-refractivity contribution in [1.82, 2.24) is 14.9 Å². The topological polar surface area (TPSA) is 38.2 Å². The van der Waals surface area contributed by atoms with Gasteiger partial charge in [-0.15, -0.1) is 0 Å². The quantitative estimate of drug-likeness (QED) is 0.848. The van der Waals surface area contributed by atoms with E-state index in [1.807, 2.05) is 6.20 Å². The monoisotopic (exact) mass is 281 g/mol. The van der Waals surface area contributed by atoms with Crippen molar-refractivity contribution in [3.63, 3.8) is 0 Å². The lowest BCUT2D eigenvalue weighted by Crippen LogP contribution is -2.33. The van der Waals surface area contributed by atoms with E-state index in [4.69, 9.17) is 4.74 Å². The molecule has 2 aliphatic heterocycles. The van der Waals surface area contributed by atoms with Gasteiger partial charge < -0.3 is 4.74 Å². The van der Waals surface area contributed by atoms with Crippen LogP contribution in [0.5, 0.6) is 5.75 Å². The van der Waals surface area contributed by atoms with Crippen LogP contribution >= 0.6 is 0 Å². The molecule has 0 aliphatic carbocycles. The van der Waals surface area contributed by atoms with Crippen LogP contribution in [0.3, 0.4) is 0 Å². The Morgan fingerprint density at radius 2 is 2.19 bits per heavy atom. The number of ether oxygens (including phenoxy) is 1. The summed E-state index contributed by atoms with van der Waals surface area (Å²) in [5.41, 5.74) is 5.12. The summed E-state index contributed by atoms with van der Waals surface area (Å²) in [5.74, 6) is 1.07. The lowest BCUT2D eigenvalue weighted by atomic mass is 10.00. The average molecular weight is 281 g/mol. The van der Waals surface area contributed by atoms with Gasteiger partial charge in [-0.3, -0.25) is 4.90 Å². The molecule has 0 saturated heterocycles. The zero-order chi connectivity index (χ0) is 14.2. The molecule has 0 amide bonds. The van der Waals surface area contributed by atoms with Crippen LogP contribution in [0.25, 0.3) is 0 Å². The summed E-state index contributed by atoms with van der Waals surface area (Å²) in [6.07, 6.45) is 5.64. The fourth-order valence-corrected chi connectivity index (χ4v) is 3.27. The van der Waals surface area contributed by atoms with Gasteiger partial charge in [0.15, 0.2) is 0 Å². The lowest BCUT2D eigenvalue weighted by molar-refractivity contribution is 0.190. The van der Waals surface area contributed by atoms with Crippen molar-refractivity contribution in [1.29, 1.82) is 0 Å². The molecule has 1 atom stereocenters. The highest BCUT2D eigenvalue weighted by atomic mass is 16.5. The number of rotatable bonds is 2. The number of hydrogen-bond acceptors (Lipinski definition) is 4. The van der Waals surface area contributed by atoms with Gasteiger partial charge in [-0.1, -0.05) is 12.1 Å². The van der Waals surface area contributed by atoms with Gasteiger partial charge in [0.25, 0.3) is 0 Å². The normalized spacial score (nSPS) is 18.7. The maximum Gasteiger partial charge on any atom is 0.122 e. The number of nitrogens with zero attached hydrogens (tertiary/aromatic N) is 3. The molecule has 1 aromatic carbocycles. The summed E-state index contributed by atoms with van der Waals surface area (Å²) in [6, 6.07) is 7.06. The molecule has 1 aromatic heterocycles. The van der Waals surface area contributed by atoms with E-state index in [1.54, 1.807) is 6.33 Å². The minimum Gasteiger partial charge on any atom is -0.493 e. The van der Waals surface area contributed by atoms with Gasteiger partial charge in [-0.2, -0.15) is 0 Å². The molecule has 4 rings (SSSR count). The third kappa shape index (κ3) is 2.29. The Morgan fingerprint density at radius 3 is 3.14 bits per heavy atom. The average Bonchev–Trinajstić information content (AvgIpc) is 3.01. The van der Waals surface area contributed by atoms with E-state index in [0.29, 0.717) is 6.04 Å². The molecular weight excluding hydrogens is 262 g/mol. The Hall–Kier alpha value is -1.94. The first kappa shape index (κ1) is 12.8. The van der Waals surface area contributed by atoms with Gasteiger partial charge in [0.1, 0.15) is 12.1 Å². The molecular formula is C17H19N3O. The Labute approximate surface area is 124 Å². The molecule has 0 N–H and O–H groups in total. The summed E-state index contributed by atoms with van der Waals surface area (Å²) in [5, 5.41) is 0. The number of fused-ring (bicyclic) bond motifs is 2. The van der Waals surface area contributed by atoms with Crippen LogP contribution in [0.1, 0.15) is 35.3 Å². The molecule has 2 aliphatic rings. The Morgan fingerprint density at radius 1 is 1.24 bits per heavy atom. The first-order chi connectivity index (χ1) is 10.3. The third-order valence-electron chi connectivity index (χ3n) is 4.64. The third-order valence-corrected chi connectivity index (χ3v) is 4.64. The SMILES string of the molecule is CC(c1ccc2c(c1)OCC2)N1CCc2ncncc2C1. The molecule has 1 unspecified atom stereocenters. The molecule has 21 heavy (non-hydrogen) atoms. The zero-order valence-corrected chi connectivity index (χ0v) is 12.2. The van der Waals surface area contributed by atoms with Crippen LogP contribution in [-0.4, -0.2) is 28.0 Å². The summed E-state index contributed by atoms with van der Waals surface area (Å²) >= 11 is 0. The molecule has 0 spiro atoms. The smallest absolute Gasteiger partial charge is 0.122 e. The van der Waals surface area contributed by atoms with Crippen molar-refractivity contribution < 1.29 is 4.74 Å². The Balaban J connectivity index is 1.57. The molecule has 0 bridgehead atoms. The van der Waals surface area contributed by atoms with Crippen LogP contribution in [0.2, 0.25) is 0 Å². The second kappa shape index (κ2) is 5.11. The van der Waals surface area contributed by atoms with Crippen molar-refractivity contribution in [2.24, 2.45) is 0 Å². The van der Waals surface area contributed by atoms with E-state index >= 15 is 0 Å². The van der Waals surface area contributed by atoms with Crippen LogP contribution in [0.15, 0.2) is 30.7 Å². The van der Waals surface area contributed by atoms with Crippen molar-refractivity contribution in [2.75, 3.05) is 13.2 Å². The fraction of sp³-hybridized carbons (Fsp3) is 0.412. The molecule has 4 nitrogen and oxygen atoms in total. The lowest BCUT2D eigenvalue weighted by Gasteiger charge is -2.33. The summed E-state index contributed by atoms with van der Waals surface area (Å²) < 4.78 is 5.69. The largest absolute Gasteiger partial charge is 0.493 e. The summed E-state index contributed by atoms with van der Waals surface area (Å²) in [4.78, 5) is 11.0. The maximum atomic E-state index is 5.69. The minimum atomic E-state index is 0.382. The molecule has 0 radical (unpaired) electrons. The molecule has 3 heterocycles. The minimum absolute atomic E-state index is 0.382. The van der Waals surface area contributed by atoms with Crippen LogP contribution in [0, 0.1) is 0 Å². The van der Waals surface area contributed by atoms with E-state index in [-0.39, 0.29) is 0 Å². The van der Waals surface area contributed by atoms with Crippen LogP contribution < -0.4 is 4.74 Å². The van der Waals surface area contributed by atoms with E-state index in [9.17, 15) is 0 Å². The van der Waals surface area contributed by atoms with E-state index < -0.39 is 0 Å². The maximum absolute atomic E-state index is 5.69. The molecule has 0 saturated carbocycles. The van der Waals surface area contributed by atoms with Crippen molar-refractivity contribution in [3.05, 3.63) is 53.1 Å². The van der Waals surface area contributed by atoms with E-state index in [1.165, 1.54) is 22.4 Å². The highest BCUT2D eigenvalue weighted by Gasteiger charge is 2.23. The summed E-state index contributed by atoms with van der Waals surface area (Å²) in [7, 11) is 0. The highest BCUT2D eigenvalue weighted by molar-refractivity contribution is 5.41. The Bertz CT molecular complexity index is 671. The molecule has 2 aromatic rings. The number of benzene rings is 1. The second-order valence-corrected chi connectivity index (χ2v) is 5.86. The standard InChI is InChI=1S/C17H19N3O/c1-12(14-3-2-13-5-7-21-17(13)8-14)20-6-4-16-15(10-20)9-18-11-19-16/h2-3,8-9,11-12H,4-7,10H2,1H3. The first-order valence-corrected chi connectivity index (χ1v) is 7.59. The van der Waals surface area contributed by atoms with Gasteiger partial charge in [0, 0.05) is 49.4 Å². The van der Waals surface area contributed by atoms with Gasteiger partial charge >= 0.3 is 0 Å². The number of aromatic nitrogens is 2. The second-order valence-electron chi connectivity index (χ2n) is 5.86. The molecule has 4 heteroatoms. The number of hydrogen-bond donors (Lipinski definition) is 0. The van der Waals surface area contributed by atoms with Crippen molar-refractivity contribution >= 4 is 0 Å². The zero-order valence-electron chi connectivity index (χ0n) is 12.2. The van der Waals surface area contributed by atoms with Gasteiger partial charge in [0.2, 0.25) is 0 Å². The summed E-state index contributed by atoms with van der Waals surface area (Å²) in [6.45, 7) is 5.06. The Kier molecular flexibility index (Phi) is 3.11. The first-order valence-electron chi connectivity index (χ1n) is 7.59. The fourth-order valence-electron chi connectivity index (χ4n) is 3.27. The van der Waals surface area contributed by atoms with E-state index in [0.717, 1.165) is 38.3 Å². The van der Waals surface area contributed by atoms with Gasteiger partial charge in [-0.25, -0.2) is 9.97 Å². The predicted molar refractivity (Wildman–Crippen MR) is 80.2 cm³/mol. The van der Waals surface area contributed by atoms with Crippen molar-refractivity contribution in [3.8, 4) is 5.75 Å². The van der Waals surface area contributed by atoms with Gasteiger partial charge in [0.05, 0.1) is 6.61 Å². The van der Waals surface area contributed by atoms with E-state index in [2.05, 4.69) is 40.0 Å². The van der Waals surface area contributed by atoms with Gasteiger partial charge in [-0.05, 0) is 24.1 Å². The van der Waals surface area contributed by atoms with Crippen LogP contribution in [-0.2, 0) is 19.4 Å². The molecule has 108 valence electrons. The highest BCUT2D eigenvalue weighted by Crippen LogP contribution is 2.32. The van der Waals surface area contributed by atoms with Crippen molar-refractivity contribution in [2.45, 2.75) is 32.4 Å².